The standard InChI is InChI=1S/C13H20O/c14-12-13-10-8-6-4-2-1-3-5-7-9-11-13/h1-6,13-14H,7-12H2. The van der Waals surface area contributed by atoms with Crippen LogP contribution in [-0.2, 0) is 0 Å². The molecule has 0 fully saturated rings. The molecule has 0 amide bonds. The van der Waals surface area contributed by atoms with E-state index >= 15 is 0 Å². The van der Waals surface area contributed by atoms with E-state index in [9.17, 15) is 0 Å². The maximum atomic E-state index is 9.14. The van der Waals surface area contributed by atoms with Crippen LogP contribution in [0.2, 0.25) is 0 Å². The van der Waals surface area contributed by atoms with Crippen molar-refractivity contribution in [3.63, 3.8) is 0 Å². The van der Waals surface area contributed by atoms with Gasteiger partial charge in [-0.05, 0) is 38.0 Å². The van der Waals surface area contributed by atoms with Crippen LogP contribution in [0.15, 0.2) is 36.5 Å². The van der Waals surface area contributed by atoms with Gasteiger partial charge in [0.15, 0.2) is 0 Å². The molecular formula is C13H20O. The summed E-state index contributed by atoms with van der Waals surface area (Å²) in [5, 5.41) is 9.14. The van der Waals surface area contributed by atoms with Gasteiger partial charge in [-0.3, -0.25) is 0 Å². The van der Waals surface area contributed by atoms with E-state index in [4.69, 9.17) is 5.11 Å². The highest BCUT2D eigenvalue weighted by atomic mass is 16.3. The van der Waals surface area contributed by atoms with Gasteiger partial charge >= 0.3 is 0 Å². The van der Waals surface area contributed by atoms with Gasteiger partial charge in [-0.2, -0.15) is 0 Å². The highest BCUT2D eigenvalue weighted by Crippen LogP contribution is 2.15. The van der Waals surface area contributed by atoms with Crippen LogP contribution in [0.5, 0.6) is 0 Å². The van der Waals surface area contributed by atoms with E-state index in [1.807, 2.05) is 0 Å². The van der Waals surface area contributed by atoms with E-state index in [2.05, 4.69) is 36.5 Å². The van der Waals surface area contributed by atoms with Crippen LogP contribution in [0.25, 0.3) is 0 Å². The van der Waals surface area contributed by atoms with Gasteiger partial charge in [-0.1, -0.05) is 36.5 Å². The lowest BCUT2D eigenvalue weighted by atomic mass is 9.97. The third-order valence-electron chi connectivity index (χ3n) is 2.59. The van der Waals surface area contributed by atoms with Crippen LogP contribution in [0.3, 0.4) is 0 Å². The molecule has 0 saturated carbocycles. The van der Waals surface area contributed by atoms with E-state index < -0.39 is 0 Å². The minimum absolute atomic E-state index is 0.341. The highest BCUT2D eigenvalue weighted by Gasteiger charge is 2.05. The topological polar surface area (TPSA) is 20.2 Å². The van der Waals surface area contributed by atoms with Crippen LogP contribution in [0.4, 0.5) is 0 Å². The van der Waals surface area contributed by atoms with Crippen LogP contribution in [0.1, 0.15) is 32.1 Å². The lowest BCUT2D eigenvalue weighted by Crippen LogP contribution is -2.05. The number of rotatable bonds is 1. The van der Waals surface area contributed by atoms with E-state index in [0.29, 0.717) is 12.5 Å². The fourth-order valence-electron chi connectivity index (χ4n) is 1.66. The summed E-state index contributed by atoms with van der Waals surface area (Å²) in [4.78, 5) is 0. The van der Waals surface area contributed by atoms with Gasteiger partial charge in [0, 0.05) is 6.61 Å². The lowest BCUT2D eigenvalue weighted by molar-refractivity contribution is 0.209. The van der Waals surface area contributed by atoms with Crippen LogP contribution >= 0.6 is 0 Å². The Bertz CT molecular complexity index is 213. The van der Waals surface area contributed by atoms with E-state index in [1.54, 1.807) is 0 Å². The Hall–Kier alpha value is -0.820. The van der Waals surface area contributed by atoms with Gasteiger partial charge in [0.1, 0.15) is 0 Å². The second kappa shape index (κ2) is 7.57. The molecule has 0 spiro atoms. The molecule has 1 aliphatic rings. The lowest BCUT2D eigenvalue weighted by Gasteiger charge is -2.11. The number of allylic oxidation sites excluding steroid dienone is 6. The van der Waals surface area contributed by atoms with E-state index in [0.717, 1.165) is 25.7 Å². The summed E-state index contributed by atoms with van der Waals surface area (Å²) in [6, 6.07) is 0. The summed E-state index contributed by atoms with van der Waals surface area (Å²) >= 11 is 0. The van der Waals surface area contributed by atoms with Gasteiger partial charge in [0.2, 0.25) is 0 Å². The van der Waals surface area contributed by atoms with Crippen molar-refractivity contribution in [2.24, 2.45) is 5.92 Å². The summed E-state index contributed by atoms with van der Waals surface area (Å²) in [6.45, 7) is 0.341. The monoisotopic (exact) mass is 192 g/mol. The molecule has 0 bridgehead atoms. The van der Waals surface area contributed by atoms with Crippen molar-refractivity contribution >= 4 is 0 Å². The SMILES string of the molecule is OCC1CCC=CC=CC=CCCC1. The minimum atomic E-state index is 0.341. The molecule has 1 rings (SSSR count). The Morgan fingerprint density at radius 2 is 1.64 bits per heavy atom. The Balaban J connectivity index is 2.42. The van der Waals surface area contributed by atoms with Gasteiger partial charge < -0.3 is 5.11 Å². The molecule has 1 nitrogen and oxygen atoms in total. The van der Waals surface area contributed by atoms with Gasteiger partial charge in [0.25, 0.3) is 0 Å². The summed E-state index contributed by atoms with van der Waals surface area (Å²) in [6.07, 6.45) is 18.4. The Kier molecular flexibility index (Phi) is 6.09. The maximum Gasteiger partial charge on any atom is 0.0459 e. The quantitative estimate of drug-likeness (QED) is 0.676. The molecule has 14 heavy (non-hydrogen) atoms. The third kappa shape index (κ3) is 5.03. The van der Waals surface area contributed by atoms with Crippen molar-refractivity contribution in [3.8, 4) is 0 Å². The Morgan fingerprint density at radius 3 is 2.36 bits per heavy atom. The smallest absolute Gasteiger partial charge is 0.0459 e. The first kappa shape index (κ1) is 11.3. The Morgan fingerprint density at radius 1 is 0.929 bits per heavy atom. The Labute approximate surface area is 86.8 Å². The van der Waals surface area contributed by atoms with E-state index in [1.165, 1.54) is 6.42 Å². The molecule has 0 aromatic carbocycles. The normalized spacial score (nSPS) is 24.2. The molecule has 0 saturated heterocycles. The second-order valence-electron chi connectivity index (χ2n) is 3.80. The van der Waals surface area contributed by atoms with Gasteiger partial charge in [-0.15, -0.1) is 0 Å². The molecule has 1 aliphatic carbocycles. The van der Waals surface area contributed by atoms with Crippen molar-refractivity contribution in [2.75, 3.05) is 6.61 Å². The first-order chi connectivity index (χ1) is 6.93. The zero-order chi connectivity index (χ0) is 10.1. The molecule has 0 aromatic rings. The first-order valence-electron chi connectivity index (χ1n) is 5.52. The van der Waals surface area contributed by atoms with Crippen molar-refractivity contribution in [3.05, 3.63) is 36.5 Å². The third-order valence-corrected chi connectivity index (χ3v) is 2.59. The molecule has 0 radical (unpaired) electrons. The van der Waals surface area contributed by atoms with Crippen LogP contribution in [-0.4, -0.2) is 11.7 Å². The first-order valence-corrected chi connectivity index (χ1v) is 5.52. The predicted molar refractivity (Wildman–Crippen MR) is 61.1 cm³/mol. The summed E-state index contributed by atoms with van der Waals surface area (Å²) < 4.78 is 0. The molecule has 1 heteroatoms. The predicted octanol–water partition coefficient (Wildman–Crippen LogP) is 3.23. The van der Waals surface area contributed by atoms with Crippen molar-refractivity contribution in [1.29, 1.82) is 0 Å². The zero-order valence-electron chi connectivity index (χ0n) is 8.73. The number of aliphatic hydroxyl groups is 1. The molecule has 0 aromatic heterocycles. The highest BCUT2D eigenvalue weighted by molar-refractivity contribution is 5.11. The van der Waals surface area contributed by atoms with Gasteiger partial charge in [-0.25, -0.2) is 0 Å². The average Bonchev–Trinajstić information content (AvgIpc) is 2.19. The maximum absolute atomic E-state index is 9.14. The zero-order valence-corrected chi connectivity index (χ0v) is 8.73. The molecule has 0 aliphatic heterocycles. The summed E-state index contributed by atoms with van der Waals surface area (Å²) in [5.41, 5.74) is 0. The molecule has 0 heterocycles. The molecule has 1 unspecified atom stereocenters. The molecular weight excluding hydrogens is 172 g/mol. The molecule has 1 atom stereocenters. The van der Waals surface area contributed by atoms with E-state index in [-0.39, 0.29) is 0 Å². The second-order valence-corrected chi connectivity index (χ2v) is 3.80. The number of aliphatic hydroxyl groups excluding tert-OH is 1. The van der Waals surface area contributed by atoms with Crippen molar-refractivity contribution < 1.29 is 5.11 Å². The minimum Gasteiger partial charge on any atom is -0.396 e. The fourth-order valence-corrected chi connectivity index (χ4v) is 1.66. The average molecular weight is 192 g/mol. The number of hydrogen-bond donors (Lipinski definition) is 1. The molecule has 78 valence electrons. The summed E-state index contributed by atoms with van der Waals surface area (Å²) in [5.74, 6) is 0.497. The van der Waals surface area contributed by atoms with Crippen LogP contribution in [0, 0.1) is 5.92 Å². The number of hydrogen-bond acceptors (Lipinski definition) is 1. The van der Waals surface area contributed by atoms with Crippen molar-refractivity contribution in [2.45, 2.75) is 32.1 Å². The van der Waals surface area contributed by atoms with Gasteiger partial charge in [0.05, 0.1) is 0 Å². The van der Waals surface area contributed by atoms with Crippen LogP contribution < -0.4 is 0 Å². The van der Waals surface area contributed by atoms with Crippen molar-refractivity contribution in [1.82, 2.24) is 0 Å². The molecule has 1 N–H and O–H groups in total. The fraction of sp³-hybridized carbons (Fsp3) is 0.538. The summed E-state index contributed by atoms with van der Waals surface area (Å²) in [7, 11) is 0. The largest absolute Gasteiger partial charge is 0.396 e.